The van der Waals surface area contributed by atoms with Gasteiger partial charge in [-0.25, -0.2) is 0 Å². The van der Waals surface area contributed by atoms with E-state index in [-0.39, 0.29) is 13.3 Å². The third kappa shape index (κ3) is 4.36. The van der Waals surface area contributed by atoms with Crippen molar-refractivity contribution >= 4 is 5.97 Å². The molecule has 0 N–H and O–H groups in total. The molecule has 0 bridgehead atoms. The standard InChI is InChI=1S/C7H14O2.CH4/c1-3-5-6(4-2)7(8)9;/h6H,3-5H2,1-2H3,(H,8,9);1H4/p-1. The fraction of sp³-hybridized carbons (Fsp3) is 0.875. The summed E-state index contributed by atoms with van der Waals surface area (Å²) < 4.78 is 0. The summed E-state index contributed by atoms with van der Waals surface area (Å²) >= 11 is 0. The van der Waals surface area contributed by atoms with Crippen molar-refractivity contribution in [2.24, 2.45) is 5.92 Å². The lowest BCUT2D eigenvalue weighted by Crippen LogP contribution is -2.30. The highest BCUT2D eigenvalue weighted by Gasteiger charge is 2.03. The maximum atomic E-state index is 10.2. The van der Waals surface area contributed by atoms with Crippen LogP contribution in [-0.4, -0.2) is 5.97 Å². The molecule has 2 nitrogen and oxygen atoms in total. The van der Waals surface area contributed by atoms with Gasteiger partial charge in [0.25, 0.3) is 0 Å². The third-order valence-corrected chi connectivity index (χ3v) is 1.46. The predicted molar refractivity (Wildman–Crippen MR) is 40.4 cm³/mol. The lowest BCUT2D eigenvalue weighted by atomic mass is 10.0. The van der Waals surface area contributed by atoms with Crippen LogP contribution in [0.4, 0.5) is 0 Å². The summed E-state index contributed by atoms with van der Waals surface area (Å²) in [6.45, 7) is 3.85. The van der Waals surface area contributed by atoms with Crippen molar-refractivity contribution in [2.75, 3.05) is 0 Å². The van der Waals surface area contributed by atoms with Gasteiger partial charge < -0.3 is 9.90 Å². The van der Waals surface area contributed by atoms with E-state index in [4.69, 9.17) is 0 Å². The molecule has 0 amide bonds. The summed E-state index contributed by atoms with van der Waals surface area (Å²) in [5, 5.41) is 10.2. The number of hydrogen-bond donors (Lipinski definition) is 0. The number of aliphatic carboxylic acids is 1. The van der Waals surface area contributed by atoms with Gasteiger partial charge in [-0.15, -0.1) is 0 Å². The molecule has 0 radical (unpaired) electrons. The van der Waals surface area contributed by atoms with Gasteiger partial charge in [-0.3, -0.25) is 0 Å². The lowest BCUT2D eigenvalue weighted by Gasteiger charge is -2.13. The van der Waals surface area contributed by atoms with Gasteiger partial charge in [-0.1, -0.05) is 27.7 Å². The molecule has 0 heterocycles. The molecule has 1 unspecified atom stereocenters. The van der Waals surface area contributed by atoms with E-state index in [0.29, 0.717) is 6.42 Å². The zero-order valence-corrected chi connectivity index (χ0v) is 6.02. The van der Waals surface area contributed by atoms with Crippen molar-refractivity contribution in [3.63, 3.8) is 0 Å². The average molecular weight is 145 g/mol. The largest absolute Gasteiger partial charge is 0.550 e. The number of hydrogen-bond acceptors (Lipinski definition) is 2. The third-order valence-electron chi connectivity index (χ3n) is 1.46. The summed E-state index contributed by atoms with van der Waals surface area (Å²) in [7, 11) is 0. The van der Waals surface area contributed by atoms with Crippen LogP contribution < -0.4 is 5.11 Å². The minimum atomic E-state index is -0.903. The Hall–Kier alpha value is -0.530. The van der Waals surface area contributed by atoms with E-state index >= 15 is 0 Å². The zero-order valence-electron chi connectivity index (χ0n) is 6.02. The quantitative estimate of drug-likeness (QED) is 0.596. The molecule has 62 valence electrons. The first-order valence-corrected chi connectivity index (χ1v) is 3.43. The molecule has 0 rings (SSSR count). The first-order chi connectivity index (χ1) is 4.22. The topological polar surface area (TPSA) is 40.1 Å². The molecule has 0 aliphatic heterocycles. The molecular formula is C8H17O2-. The van der Waals surface area contributed by atoms with Crippen LogP contribution in [0.15, 0.2) is 0 Å². The molecule has 1 atom stereocenters. The monoisotopic (exact) mass is 145 g/mol. The van der Waals surface area contributed by atoms with Gasteiger partial charge in [0.05, 0.1) is 0 Å². The number of carboxylic acids is 1. The van der Waals surface area contributed by atoms with Gasteiger partial charge in [-0.05, 0) is 18.8 Å². The maximum absolute atomic E-state index is 10.2. The molecule has 0 saturated carbocycles. The number of carbonyl (C=O) groups excluding carboxylic acids is 1. The predicted octanol–water partition coefficient (Wildman–Crippen LogP) is 1.20. The molecule has 0 aromatic carbocycles. The summed E-state index contributed by atoms with van der Waals surface area (Å²) in [5.74, 6) is -1.13. The average Bonchev–Trinajstić information content (AvgIpc) is 1.82. The Morgan fingerprint density at radius 3 is 2.10 bits per heavy atom. The van der Waals surface area contributed by atoms with Crippen molar-refractivity contribution in [3.05, 3.63) is 0 Å². The van der Waals surface area contributed by atoms with Crippen LogP contribution in [0.2, 0.25) is 0 Å². The summed E-state index contributed by atoms with van der Waals surface area (Å²) in [6.07, 6.45) is 2.36. The lowest BCUT2D eigenvalue weighted by molar-refractivity contribution is -0.311. The Labute approximate surface area is 63.3 Å². The Bertz CT molecular complexity index is 89.3. The second-order valence-corrected chi connectivity index (χ2v) is 2.21. The van der Waals surface area contributed by atoms with Crippen LogP contribution in [-0.2, 0) is 4.79 Å². The molecule has 10 heavy (non-hydrogen) atoms. The summed E-state index contributed by atoms with van der Waals surface area (Å²) in [6, 6.07) is 0. The van der Waals surface area contributed by atoms with Crippen LogP contribution in [0, 0.1) is 5.92 Å². The number of carbonyl (C=O) groups is 1. The van der Waals surface area contributed by atoms with Gasteiger partial charge >= 0.3 is 0 Å². The van der Waals surface area contributed by atoms with Crippen LogP contribution >= 0.6 is 0 Å². The summed E-state index contributed by atoms with van der Waals surface area (Å²) in [4.78, 5) is 10.2. The Kier molecular flexibility index (Phi) is 8.02. The van der Waals surface area contributed by atoms with Gasteiger partial charge in [0.1, 0.15) is 0 Å². The molecule has 0 saturated heterocycles. The summed E-state index contributed by atoms with van der Waals surface area (Å²) in [5.41, 5.74) is 0. The molecule has 0 fully saturated rings. The van der Waals surface area contributed by atoms with E-state index in [1.165, 1.54) is 0 Å². The smallest absolute Gasteiger partial charge is 0.0445 e. The van der Waals surface area contributed by atoms with Crippen LogP contribution in [0.1, 0.15) is 40.5 Å². The van der Waals surface area contributed by atoms with Crippen LogP contribution in [0.25, 0.3) is 0 Å². The van der Waals surface area contributed by atoms with Crippen molar-refractivity contribution in [2.45, 2.75) is 40.5 Å². The number of rotatable bonds is 4. The fourth-order valence-corrected chi connectivity index (χ4v) is 0.837. The molecule has 0 spiro atoms. The highest BCUT2D eigenvalue weighted by atomic mass is 16.4. The molecule has 0 aromatic rings. The molecular weight excluding hydrogens is 128 g/mol. The van der Waals surface area contributed by atoms with Gasteiger partial charge in [-0.2, -0.15) is 0 Å². The second-order valence-electron chi connectivity index (χ2n) is 2.21. The highest BCUT2D eigenvalue weighted by molar-refractivity contribution is 5.67. The molecule has 0 aliphatic rings. The second kappa shape index (κ2) is 6.59. The molecule has 0 aromatic heterocycles. The normalized spacial score (nSPS) is 11.8. The van der Waals surface area contributed by atoms with Crippen LogP contribution in [0.5, 0.6) is 0 Å². The van der Waals surface area contributed by atoms with Crippen molar-refractivity contribution < 1.29 is 9.90 Å². The minimum Gasteiger partial charge on any atom is -0.550 e. The molecule has 0 aliphatic carbocycles. The van der Waals surface area contributed by atoms with E-state index < -0.39 is 5.97 Å². The minimum absolute atomic E-state index is 0. The zero-order chi connectivity index (χ0) is 7.28. The van der Waals surface area contributed by atoms with Crippen molar-refractivity contribution in [3.8, 4) is 0 Å². The van der Waals surface area contributed by atoms with Crippen LogP contribution in [0.3, 0.4) is 0 Å². The highest BCUT2D eigenvalue weighted by Crippen LogP contribution is 2.08. The number of carboxylic acid groups (broad SMARTS) is 1. The SMILES string of the molecule is C.CCCC(CC)C(=O)[O-]. The first-order valence-electron chi connectivity index (χ1n) is 3.43. The van der Waals surface area contributed by atoms with Crippen molar-refractivity contribution in [1.82, 2.24) is 0 Å². The van der Waals surface area contributed by atoms with E-state index in [9.17, 15) is 9.90 Å². The van der Waals surface area contributed by atoms with E-state index in [2.05, 4.69) is 0 Å². The first kappa shape index (κ1) is 12.2. The van der Waals surface area contributed by atoms with Crippen molar-refractivity contribution in [1.29, 1.82) is 0 Å². The fourth-order valence-electron chi connectivity index (χ4n) is 0.837. The Balaban J connectivity index is 0. The Morgan fingerprint density at radius 1 is 1.50 bits per heavy atom. The van der Waals surface area contributed by atoms with E-state index in [0.717, 1.165) is 12.8 Å². The molecule has 2 heteroatoms. The Morgan fingerprint density at radius 2 is 2.00 bits per heavy atom. The van der Waals surface area contributed by atoms with Gasteiger partial charge in [0, 0.05) is 5.97 Å². The van der Waals surface area contributed by atoms with E-state index in [1.54, 1.807) is 0 Å². The van der Waals surface area contributed by atoms with Gasteiger partial charge in [0.15, 0.2) is 0 Å². The van der Waals surface area contributed by atoms with Gasteiger partial charge in [0.2, 0.25) is 0 Å². The maximum Gasteiger partial charge on any atom is 0.0445 e. The van der Waals surface area contributed by atoms with E-state index in [1.807, 2.05) is 13.8 Å².